The number of carbonyl (C=O) groups excluding carboxylic acids is 2. The van der Waals surface area contributed by atoms with Gasteiger partial charge in [0.25, 0.3) is 0 Å². The van der Waals surface area contributed by atoms with Crippen LogP contribution in [-0.2, 0) is 9.59 Å². The van der Waals surface area contributed by atoms with Crippen molar-refractivity contribution in [2.45, 2.75) is 0 Å². The van der Waals surface area contributed by atoms with Crippen molar-refractivity contribution in [3.05, 3.63) is 28.2 Å². The molecule has 0 unspecified atom stereocenters. The van der Waals surface area contributed by atoms with Gasteiger partial charge in [-0.2, -0.15) is 5.26 Å². The number of nitrogens with zero attached hydrogens (tertiary/aromatic N) is 1. The molecule has 0 aliphatic heterocycles. The van der Waals surface area contributed by atoms with Gasteiger partial charge in [0.05, 0.1) is 11.8 Å². The third-order valence-corrected chi connectivity index (χ3v) is 2.41. The highest BCUT2D eigenvalue weighted by molar-refractivity contribution is 9.10. The van der Waals surface area contributed by atoms with Gasteiger partial charge in [0.15, 0.2) is 5.82 Å². The van der Waals surface area contributed by atoms with Crippen LogP contribution in [0.15, 0.2) is 16.6 Å². The molecule has 2 amide bonds. The summed E-state index contributed by atoms with van der Waals surface area (Å²) in [5, 5.41) is 12.1. The number of carbonyl (C=O) groups is 2. The highest BCUT2D eigenvalue weighted by Crippen LogP contribution is 2.26. The molecule has 1 aromatic carbocycles. The fraction of sp³-hybridized carbons (Fsp3) is 0.100. The molecule has 0 aromatic heterocycles. The van der Waals surface area contributed by atoms with Crippen molar-refractivity contribution in [3.63, 3.8) is 0 Å². The van der Waals surface area contributed by atoms with Gasteiger partial charge in [0.2, 0.25) is 0 Å². The molecule has 0 fully saturated rings. The molecule has 0 saturated carbocycles. The fourth-order valence-corrected chi connectivity index (χ4v) is 1.54. The van der Waals surface area contributed by atoms with Crippen LogP contribution in [0.4, 0.5) is 14.5 Å². The molecule has 0 aliphatic carbocycles. The van der Waals surface area contributed by atoms with Gasteiger partial charge in [-0.05, 0) is 22.0 Å². The Bertz CT molecular complexity index is 519. The Balaban J connectivity index is 2.83. The van der Waals surface area contributed by atoms with Crippen molar-refractivity contribution in [2.24, 2.45) is 0 Å². The van der Waals surface area contributed by atoms with Gasteiger partial charge in [-0.3, -0.25) is 9.59 Å². The lowest BCUT2D eigenvalue weighted by atomic mass is 10.3. The Hall–Kier alpha value is -2.01. The molecule has 8 heteroatoms. The monoisotopic (exact) mass is 317 g/mol. The largest absolute Gasteiger partial charge is 0.335 e. The number of nitriles is 1. The predicted octanol–water partition coefficient (Wildman–Crippen LogP) is 1.31. The molecule has 0 bridgehead atoms. The van der Waals surface area contributed by atoms with E-state index in [1.165, 1.54) is 0 Å². The van der Waals surface area contributed by atoms with Crippen molar-refractivity contribution >= 4 is 33.4 Å². The van der Waals surface area contributed by atoms with E-state index in [2.05, 4.69) is 15.9 Å². The first-order valence-electron chi connectivity index (χ1n) is 4.56. The van der Waals surface area contributed by atoms with Crippen LogP contribution in [0.25, 0.3) is 0 Å². The van der Waals surface area contributed by atoms with Crippen LogP contribution in [0.5, 0.6) is 0 Å². The Labute approximate surface area is 109 Å². The summed E-state index contributed by atoms with van der Waals surface area (Å²) < 4.78 is 26.1. The Morgan fingerprint density at radius 2 is 2.00 bits per heavy atom. The van der Waals surface area contributed by atoms with Crippen molar-refractivity contribution < 1.29 is 18.4 Å². The summed E-state index contributed by atoms with van der Waals surface area (Å²) in [6.45, 7) is -0.348. The molecular formula is C10H6BrF2N3O2. The summed E-state index contributed by atoms with van der Waals surface area (Å²) in [7, 11) is 0. The number of benzene rings is 1. The summed E-state index contributed by atoms with van der Waals surface area (Å²) in [5.74, 6) is -4.10. The highest BCUT2D eigenvalue weighted by atomic mass is 79.9. The summed E-state index contributed by atoms with van der Waals surface area (Å²) in [6.07, 6.45) is 0. The van der Waals surface area contributed by atoms with Crippen LogP contribution < -0.4 is 10.6 Å². The van der Waals surface area contributed by atoms with Crippen molar-refractivity contribution in [3.8, 4) is 6.07 Å². The first kappa shape index (κ1) is 14.1. The normalized spacial score (nSPS) is 9.44. The van der Waals surface area contributed by atoms with Gasteiger partial charge in [0.1, 0.15) is 12.4 Å². The van der Waals surface area contributed by atoms with E-state index in [9.17, 15) is 18.4 Å². The SMILES string of the molecule is N#CCNC(=O)C(=O)Nc1c(F)cc(F)cc1Br. The van der Waals surface area contributed by atoms with Crippen LogP contribution in [-0.4, -0.2) is 18.4 Å². The zero-order chi connectivity index (χ0) is 13.7. The Morgan fingerprint density at radius 3 is 2.56 bits per heavy atom. The van der Waals surface area contributed by atoms with Crippen LogP contribution in [0.3, 0.4) is 0 Å². The number of hydrogen-bond acceptors (Lipinski definition) is 3. The minimum absolute atomic E-state index is 0.0403. The third kappa shape index (κ3) is 3.49. The van der Waals surface area contributed by atoms with Gasteiger partial charge >= 0.3 is 11.8 Å². The van der Waals surface area contributed by atoms with E-state index in [0.29, 0.717) is 6.07 Å². The summed E-state index contributed by atoms with van der Waals surface area (Å²) >= 11 is 2.85. The van der Waals surface area contributed by atoms with Gasteiger partial charge in [-0.1, -0.05) is 0 Å². The molecule has 0 aliphatic rings. The molecule has 0 spiro atoms. The second-order valence-electron chi connectivity index (χ2n) is 3.04. The molecule has 0 saturated heterocycles. The van der Waals surface area contributed by atoms with E-state index in [4.69, 9.17) is 5.26 Å². The van der Waals surface area contributed by atoms with Crippen LogP contribution in [0.2, 0.25) is 0 Å². The van der Waals surface area contributed by atoms with Crippen LogP contribution in [0.1, 0.15) is 0 Å². The molecule has 0 radical (unpaired) electrons. The lowest BCUT2D eigenvalue weighted by molar-refractivity contribution is -0.136. The minimum atomic E-state index is -1.16. The topological polar surface area (TPSA) is 82.0 Å². The van der Waals surface area contributed by atoms with E-state index < -0.39 is 23.4 Å². The summed E-state index contributed by atoms with van der Waals surface area (Å²) in [4.78, 5) is 22.4. The maximum atomic E-state index is 13.3. The first-order chi connectivity index (χ1) is 8.45. The number of rotatable bonds is 2. The van der Waals surface area contributed by atoms with E-state index in [1.807, 2.05) is 10.6 Å². The average molecular weight is 318 g/mol. The molecule has 0 atom stereocenters. The number of hydrogen-bond donors (Lipinski definition) is 2. The number of amides is 2. The lowest BCUT2D eigenvalue weighted by Gasteiger charge is -2.08. The molecule has 0 heterocycles. The van der Waals surface area contributed by atoms with Crippen molar-refractivity contribution in [1.82, 2.24) is 5.32 Å². The molecule has 2 N–H and O–H groups in total. The zero-order valence-electron chi connectivity index (χ0n) is 8.76. The number of halogens is 3. The summed E-state index contributed by atoms with van der Waals surface area (Å²) in [6, 6.07) is 3.10. The zero-order valence-corrected chi connectivity index (χ0v) is 10.3. The molecular weight excluding hydrogens is 312 g/mol. The van der Waals surface area contributed by atoms with Crippen LogP contribution in [0, 0.1) is 23.0 Å². The minimum Gasteiger partial charge on any atom is -0.335 e. The molecule has 94 valence electrons. The molecule has 1 rings (SSSR count). The molecule has 18 heavy (non-hydrogen) atoms. The molecule has 5 nitrogen and oxygen atoms in total. The van der Waals surface area contributed by atoms with Crippen LogP contribution >= 0.6 is 15.9 Å². The standard InChI is InChI=1S/C10H6BrF2N3O2/c11-6-3-5(12)4-7(13)8(6)16-10(18)9(17)15-2-1-14/h3-4H,2H2,(H,15,17)(H,16,18). The highest BCUT2D eigenvalue weighted by Gasteiger charge is 2.17. The van der Waals surface area contributed by atoms with E-state index in [0.717, 1.165) is 6.07 Å². The van der Waals surface area contributed by atoms with Gasteiger partial charge < -0.3 is 10.6 Å². The number of nitrogens with one attached hydrogen (secondary N) is 2. The second kappa shape index (κ2) is 6.07. The Kier molecular flexibility index (Phi) is 4.74. The third-order valence-electron chi connectivity index (χ3n) is 1.78. The maximum Gasteiger partial charge on any atom is 0.313 e. The predicted molar refractivity (Wildman–Crippen MR) is 61.3 cm³/mol. The van der Waals surface area contributed by atoms with Gasteiger partial charge in [0, 0.05) is 10.5 Å². The lowest BCUT2D eigenvalue weighted by Crippen LogP contribution is -2.35. The Morgan fingerprint density at radius 1 is 1.33 bits per heavy atom. The van der Waals surface area contributed by atoms with E-state index >= 15 is 0 Å². The van der Waals surface area contributed by atoms with E-state index in [-0.39, 0.29) is 16.7 Å². The number of anilines is 1. The van der Waals surface area contributed by atoms with Gasteiger partial charge in [-0.25, -0.2) is 8.78 Å². The fourth-order valence-electron chi connectivity index (χ4n) is 1.03. The first-order valence-corrected chi connectivity index (χ1v) is 5.35. The second-order valence-corrected chi connectivity index (χ2v) is 3.89. The van der Waals surface area contributed by atoms with Gasteiger partial charge in [-0.15, -0.1) is 0 Å². The van der Waals surface area contributed by atoms with Crippen molar-refractivity contribution in [2.75, 3.05) is 11.9 Å². The quantitative estimate of drug-likeness (QED) is 0.637. The molecule has 1 aromatic rings. The van der Waals surface area contributed by atoms with Crippen molar-refractivity contribution in [1.29, 1.82) is 5.26 Å². The smallest absolute Gasteiger partial charge is 0.313 e. The summed E-state index contributed by atoms with van der Waals surface area (Å²) in [5.41, 5.74) is -0.353. The maximum absolute atomic E-state index is 13.3. The average Bonchev–Trinajstić information content (AvgIpc) is 2.30. The van der Waals surface area contributed by atoms with E-state index in [1.54, 1.807) is 6.07 Å².